The lowest BCUT2D eigenvalue weighted by Gasteiger charge is -2.29. The van der Waals surface area contributed by atoms with Crippen LogP contribution in [-0.4, -0.2) is 47.6 Å². The van der Waals surface area contributed by atoms with E-state index in [1.54, 1.807) is 26.0 Å². The first-order valence-corrected chi connectivity index (χ1v) is 7.77. The summed E-state index contributed by atoms with van der Waals surface area (Å²) in [5.74, 6) is 0.801. The average Bonchev–Trinajstić information content (AvgIpc) is 2.97. The van der Waals surface area contributed by atoms with Crippen LogP contribution in [0.25, 0.3) is 0 Å². The molecule has 0 radical (unpaired) electrons. The monoisotopic (exact) mass is 352 g/mol. The van der Waals surface area contributed by atoms with E-state index in [0.717, 1.165) is 0 Å². The number of halogens is 1. The third-order valence-corrected chi connectivity index (χ3v) is 4.21. The van der Waals surface area contributed by atoms with Crippen LogP contribution in [0.3, 0.4) is 0 Å². The van der Waals surface area contributed by atoms with E-state index < -0.39 is 35.9 Å². The van der Waals surface area contributed by atoms with Gasteiger partial charge in [0.1, 0.15) is 12.7 Å². The number of carbonyl (C=O) groups excluding carboxylic acids is 1. The molecule has 2 heterocycles. The Kier molecular flexibility index (Phi) is 4.32. The molecule has 7 heteroatoms. The summed E-state index contributed by atoms with van der Waals surface area (Å²) < 4.78 is 22.0. The number of aliphatic hydroxyl groups is 1. The van der Waals surface area contributed by atoms with Gasteiger partial charge in [-0.2, -0.15) is 0 Å². The Labute approximate surface area is 144 Å². The zero-order valence-electron chi connectivity index (χ0n) is 13.2. The largest absolute Gasteiger partial charge is 0.459 e. The topological polar surface area (TPSA) is 74.2 Å². The first-order valence-electron chi connectivity index (χ1n) is 7.39. The number of terminal acetylenes is 1. The minimum atomic E-state index is -1.75. The average molecular weight is 353 g/mol. The van der Waals surface area contributed by atoms with E-state index in [9.17, 15) is 9.90 Å². The number of esters is 1. The molecule has 4 atom stereocenters. The van der Waals surface area contributed by atoms with Crippen molar-refractivity contribution in [3.8, 4) is 12.3 Å². The number of hydrogen-bond acceptors (Lipinski definition) is 6. The van der Waals surface area contributed by atoms with Crippen molar-refractivity contribution < 1.29 is 28.8 Å². The van der Waals surface area contributed by atoms with E-state index in [4.69, 9.17) is 37.0 Å². The Hall–Kier alpha value is -1.62. The van der Waals surface area contributed by atoms with Gasteiger partial charge in [-0.1, -0.05) is 17.5 Å². The molecule has 0 bridgehead atoms. The van der Waals surface area contributed by atoms with Crippen molar-refractivity contribution in [2.75, 3.05) is 6.61 Å². The van der Waals surface area contributed by atoms with Crippen molar-refractivity contribution in [2.24, 2.45) is 0 Å². The van der Waals surface area contributed by atoms with Crippen LogP contribution >= 0.6 is 11.6 Å². The van der Waals surface area contributed by atoms with Gasteiger partial charge in [0.15, 0.2) is 23.8 Å². The second-order valence-corrected chi connectivity index (χ2v) is 6.56. The smallest absolute Gasteiger partial charge is 0.338 e. The minimum absolute atomic E-state index is 0.234. The van der Waals surface area contributed by atoms with E-state index in [-0.39, 0.29) is 6.61 Å². The fourth-order valence-electron chi connectivity index (χ4n) is 2.74. The van der Waals surface area contributed by atoms with Gasteiger partial charge in [0.05, 0.1) is 5.56 Å². The van der Waals surface area contributed by atoms with Crippen molar-refractivity contribution in [3.63, 3.8) is 0 Å². The predicted octanol–water partition coefficient (Wildman–Crippen LogP) is 1.74. The third-order valence-electron chi connectivity index (χ3n) is 3.96. The molecular formula is C17H17ClO6. The molecule has 24 heavy (non-hydrogen) atoms. The minimum Gasteiger partial charge on any atom is -0.459 e. The Morgan fingerprint density at radius 1 is 1.38 bits per heavy atom. The number of ether oxygens (including phenoxy) is 4. The molecule has 2 fully saturated rings. The van der Waals surface area contributed by atoms with Gasteiger partial charge in [0.25, 0.3) is 0 Å². The lowest BCUT2D eigenvalue weighted by atomic mass is 9.94. The van der Waals surface area contributed by atoms with Crippen LogP contribution in [0, 0.1) is 12.3 Å². The van der Waals surface area contributed by atoms with Gasteiger partial charge in [-0.05, 0) is 38.1 Å². The molecule has 1 aromatic carbocycles. The highest BCUT2D eigenvalue weighted by Gasteiger charge is 2.63. The summed E-state index contributed by atoms with van der Waals surface area (Å²) in [6.07, 6.45) is 2.84. The molecule has 0 spiro atoms. The van der Waals surface area contributed by atoms with Crippen molar-refractivity contribution in [1.29, 1.82) is 0 Å². The standard InChI is InChI=1S/C17H17ClO6/c1-4-17(20)12(22-15-13(17)23-16(2,3)24-15)9-21-14(19)10-5-7-11(18)8-6-10/h1,5-8,12-13,15,20H,9H2,2-3H3/t12-,13-,15+,17-/m0/s1. The second kappa shape index (κ2) is 6.03. The number of rotatable bonds is 3. The summed E-state index contributed by atoms with van der Waals surface area (Å²) in [6.45, 7) is 3.16. The van der Waals surface area contributed by atoms with E-state index in [1.807, 2.05) is 0 Å². The van der Waals surface area contributed by atoms with Gasteiger partial charge in [0.2, 0.25) is 0 Å². The van der Waals surface area contributed by atoms with Crippen LogP contribution in [-0.2, 0) is 18.9 Å². The number of hydrogen-bond donors (Lipinski definition) is 1. The van der Waals surface area contributed by atoms with E-state index in [0.29, 0.717) is 10.6 Å². The number of fused-ring (bicyclic) bond motifs is 1. The summed E-state index contributed by atoms with van der Waals surface area (Å²) in [7, 11) is 0. The first kappa shape index (κ1) is 17.2. The fourth-order valence-corrected chi connectivity index (χ4v) is 2.86. The zero-order valence-corrected chi connectivity index (χ0v) is 13.9. The third kappa shape index (κ3) is 3.02. The van der Waals surface area contributed by atoms with Crippen molar-refractivity contribution in [3.05, 3.63) is 34.9 Å². The second-order valence-electron chi connectivity index (χ2n) is 6.12. The molecular weight excluding hydrogens is 336 g/mol. The molecule has 0 saturated carbocycles. The maximum absolute atomic E-state index is 12.0. The van der Waals surface area contributed by atoms with Crippen molar-refractivity contribution in [2.45, 2.75) is 43.7 Å². The molecule has 128 valence electrons. The molecule has 0 aliphatic carbocycles. The van der Waals surface area contributed by atoms with E-state index in [1.165, 1.54) is 12.1 Å². The SMILES string of the molecule is C#C[C@]1(O)[C@H](COC(=O)c2ccc(Cl)cc2)O[C@@H]2OC(C)(C)O[C@@H]21. The van der Waals surface area contributed by atoms with Gasteiger partial charge < -0.3 is 24.1 Å². The summed E-state index contributed by atoms with van der Waals surface area (Å²) in [4.78, 5) is 12.0. The number of carbonyl (C=O) groups is 1. The van der Waals surface area contributed by atoms with Crippen LogP contribution in [0.5, 0.6) is 0 Å². The first-order chi connectivity index (χ1) is 11.2. The lowest BCUT2D eigenvalue weighted by Crippen LogP contribution is -2.49. The molecule has 0 unspecified atom stereocenters. The molecule has 2 aliphatic heterocycles. The van der Waals surface area contributed by atoms with Gasteiger partial charge in [0, 0.05) is 5.02 Å². The lowest BCUT2D eigenvalue weighted by molar-refractivity contribution is -0.225. The summed E-state index contributed by atoms with van der Waals surface area (Å²) in [5, 5.41) is 11.2. The molecule has 1 aromatic rings. The van der Waals surface area contributed by atoms with Gasteiger partial charge >= 0.3 is 5.97 Å². The van der Waals surface area contributed by atoms with Crippen LogP contribution in [0.15, 0.2) is 24.3 Å². The molecule has 1 N–H and O–H groups in total. The van der Waals surface area contributed by atoms with Crippen molar-refractivity contribution >= 4 is 17.6 Å². The summed E-state index contributed by atoms with van der Waals surface area (Å²) in [5.41, 5.74) is -1.42. The maximum Gasteiger partial charge on any atom is 0.338 e. The Balaban J connectivity index is 1.67. The zero-order chi connectivity index (χ0) is 17.5. The quantitative estimate of drug-likeness (QED) is 0.659. The number of benzene rings is 1. The summed E-state index contributed by atoms with van der Waals surface area (Å²) >= 11 is 5.78. The molecule has 3 rings (SSSR count). The predicted molar refractivity (Wildman–Crippen MR) is 84.2 cm³/mol. The molecule has 2 saturated heterocycles. The molecule has 6 nitrogen and oxygen atoms in total. The van der Waals surface area contributed by atoms with Crippen LogP contribution < -0.4 is 0 Å². The van der Waals surface area contributed by atoms with E-state index >= 15 is 0 Å². The van der Waals surface area contributed by atoms with Gasteiger partial charge in [-0.15, -0.1) is 6.42 Å². The normalized spacial score (nSPS) is 33.7. The molecule has 2 aliphatic rings. The highest BCUT2D eigenvalue weighted by atomic mass is 35.5. The highest BCUT2D eigenvalue weighted by Crippen LogP contribution is 2.42. The Morgan fingerprint density at radius 2 is 2.04 bits per heavy atom. The molecule has 0 aromatic heterocycles. The van der Waals surface area contributed by atoms with Gasteiger partial charge in [-0.3, -0.25) is 0 Å². The summed E-state index contributed by atoms with van der Waals surface area (Å²) in [6, 6.07) is 6.24. The van der Waals surface area contributed by atoms with Crippen LogP contribution in [0.1, 0.15) is 24.2 Å². The van der Waals surface area contributed by atoms with Crippen LogP contribution in [0.4, 0.5) is 0 Å². The molecule has 0 amide bonds. The maximum atomic E-state index is 12.0. The highest BCUT2D eigenvalue weighted by molar-refractivity contribution is 6.30. The Morgan fingerprint density at radius 3 is 2.67 bits per heavy atom. The fraction of sp³-hybridized carbons (Fsp3) is 0.471. The van der Waals surface area contributed by atoms with Crippen LogP contribution in [0.2, 0.25) is 5.02 Å². The Bertz CT molecular complexity index is 679. The van der Waals surface area contributed by atoms with Gasteiger partial charge in [-0.25, -0.2) is 4.79 Å². The van der Waals surface area contributed by atoms with E-state index in [2.05, 4.69) is 5.92 Å². The van der Waals surface area contributed by atoms with Crippen molar-refractivity contribution in [1.82, 2.24) is 0 Å².